The summed E-state index contributed by atoms with van der Waals surface area (Å²) in [5.74, 6) is -0.262. The fourth-order valence-electron chi connectivity index (χ4n) is 2.67. The zero-order chi connectivity index (χ0) is 14.1. The maximum absolute atomic E-state index is 13.4. The molecule has 2 aromatic rings. The standard InChI is InChI=1S/C15H16FN3O/c1-10-8-11(4-5-12(10)16)14-13(9-17-18-15(14)20)19-6-2-3-7-19/h4-5,8-9H,2-3,6-7H2,1H3,(H,18,20). The SMILES string of the molecule is Cc1cc(-c2c(N3CCCC3)cn[nH]c2=O)ccc1F. The molecule has 0 aliphatic carbocycles. The van der Waals surface area contributed by atoms with Gasteiger partial charge < -0.3 is 4.90 Å². The van der Waals surface area contributed by atoms with Crippen molar-refractivity contribution in [2.45, 2.75) is 19.8 Å². The zero-order valence-corrected chi connectivity index (χ0v) is 11.3. The highest BCUT2D eigenvalue weighted by atomic mass is 19.1. The number of nitrogens with zero attached hydrogens (tertiary/aromatic N) is 2. The van der Waals surface area contributed by atoms with Crippen molar-refractivity contribution in [3.05, 3.63) is 46.1 Å². The Kier molecular flexibility index (Phi) is 3.26. The highest BCUT2D eigenvalue weighted by Gasteiger charge is 2.19. The highest BCUT2D eigenvalue weighted by molar-refractivity contribution is 5.77. The molecule has 5 heteroatoms. The van der Waals surface area contributed by atoms with E-state index in [4.69, 9.17) is 0 Å². The van der Waals surface area contributed by atoms with Gasteiger partial charge in [-0.15, -0.1) is 0 Å². The maximum Gasteiger partial charge on any atom is 0.274 e. The number of anilines is 1. The number of aromatic nitrogens is 2. The van der Waals surface area contributed by atoms with Crippen molar-refractivity contribution in [1.82, 2.24) is 10.2 Å². The Balaban J connectivity index is 2.16. The first-order chi connectivity index (χ1) is 9.66. The molecule has 0 atom stereocenters. The van der Waals surface area contributed by atoms with E-state index in [9.17, 15) is 9.18 Å². The molecule has 1 N–H and O–H groups in total. The van der Waals surface area contributed by atoms with Crippen LogP contribution in [0.4, 0.5) is 10.1 Å². The molecule has 3 rings (SSSR count). The summed E-state index contributed by atoms with van der Waals surface area (Å²) in [6.07, 6.45) is 3.92. The molecule has 20 heavy (non-hydrogen) atoms. The third-order valence-electron chi connectivity index (χ3n) is 3.73. The Labute approximate surface area is 116 Å². The minimum Gasteiger partial charge on any atom is -0.370 e. The van der Waals surface area contributed by atoms with Crippen LogP contribution in [0.2, 0.25) is 0 Å². The normalized spacial score (nSPS) is 14.8. The second-order valence-electron chi connectivity index (χ2n) is 5.12. The molecular formula is C15H16FN3O. The Morgan fingerprint density at radius 2 is 2.05 bits per heavy atom. The lowest BCUT2D eigenvalue weighted by atomic mass is 10.0. The lowest BCUT2D eigenvalue weighted by molar-refractivity contribution is 0.619. The first-order valence-electron chi connectivity index (χ1n) is 6.76. The van der Waals surface area contributed by atoms with Gasteiger partial charge in [-0.3, -0.25) is 4.79 Å². The number of H-pyrrole nitrogens is 1. The van der Waals surface area contributed by atoms with Gasteiger partial charge in [0.15, 0.2) is 0 Å². The van der Waals surface area contributed by atoms with Gasteiger partial charge in [-0.2, -0.15) is 5.10 Å². The average molecular weight is 273 g/mol. The van der Waals surface area contributed by atoms with Crippen LogP contribution < -0.4 is 10.5 Å². The lowest BCUT2D eigenvalue weighted by Gasteiger charge is -2.20. The van der Waals surface area contributed by atoms with E-state index >= 15 is 0 Å². The molecule has 104 valence electrons. The van der Waals surface area contributed by atoms with Crippen LogP contribution in [0.5, 0.6) is 0 Å². The second-order valence-corrected chi connectivity index (χ2v) is 5.12. The largest absolute Gasteiger partial charge is 0.370 e. The van der Waals surface area contributed by atoms with Crippen LogP contribution in [0, 0.1) is 12.7 Å². The number of rotatable bonds is 2. The number of aromatic amines is 1. The minimum atomic E-state index is -0.262. The van der Waals surface area contributed by atoms with E-state index in [0.29, 0.717) is 11.1 Å². The molecule has 2 heterocycles. The molecule has 0 radical (unpaired) electrons. The molecule has 0 bridgehead atoms. The van der Waals surface area contributed by atoms with Crippen LogP contribution in [-0.4, -0.2) is 23.3 Å². The molecule has 0 saturated carbocycles. The van der Waals surface area contributed by atoms with Crippen molar-refractivity contribution in [3.8, 4) is 11.1 Å². The number of aryl methyl sites for hydroxylation is 1. The van der Waals surface area contributed by atoms with E-state index < -0.39 is 0 Å². The summed E-state index contributed by atoms with van der Waals surface area (Å²) >= 11 is 0. The maximum atomic E-state index is 13.4. The van der Waals surface area contributed by atoms with Gasteiger partial charge in [-0.25, -0.2) is 9.49 Å². The smallest absolute Gasteiger partial charge is 0.274 e. The van der Waals surface area contributed by atoms with Gasteiger partial charge in [-0.05, 0) is 43.0 Å². The summed E-state index contributed by atoms with van der Waals surface area (Å²) in [7, 11) is 0. The van der Waals surface area contributed by atoms with Crippen molar-refractivity contribution < 1.29 is 4.39 Å². The van der Waals surface area contributed by atoms with Gasteiger partial charge in [0, 0.05) is 13.1 Å². The number of nitrogens with one attached hydrogen (secondary N) is 1. The van der Waals surface area contributed by atoms with Crippen molar-refractivity contribution in [2.24, 2.45) is 0 Å². The molecule has 1 fully saturated rings. The molecule has 1 aromatic carbocycles. The summed E-state index contributed by atoms with van der Waals surface area (Å²) in [5, 5.41) is 6.37. The number of halogens is 1. The fourth-order valence-corrected chi connectivity index (χ4v) is 2.67. The van der Waals surface area contributed by atoms with Gasteiger partial charge >= 0.3 is 0 Å². The summed E-state index contributed by atoms with van der Waals surface area (Å²) < 4.78 is 13.4. The predicted octanol–water partition coefficient (Wildman–Crippen LogP) is 2.48. The molecule has 1 aliphatic rings. The van der Waals surface area contributed by atoms with E-state index in [-0.39, 0.29) is 11.4 Å². The number of benzene rings is 1. The molecule has 4 nitrogen and oxygen atoms in total. The van der Waals surface area contributed by atoms with E-state index in [1.165, 1.54) is 6.07 Å². The number of hydrogen-bond acceptors (Lipinski definition) is 3. The third-order valence-corrected chi connectivity index (χ3v) is 3.73. The van der Waals surface area contributed by atoms with Crippen molar-refractivity contribution in [3.63, 3.8) is 0 Å². The van der Waals surface area contributed by atoms with Crippen LogP contribution in [0.15, 0.2) is 29.2 Å². The predicted molar refractivity (Wildman–Crippen MR) is 76.4 cm³/mol. The monoisotopic (exact) mass is 273 g/mol. The van der Waals surface area contributed by atoms with Gasteiger partial charge in [-0.1, -0.05) is 6.07 Å². The molecule has 0 amide bonds. The Morgan fingerprint density at radius 1 is 1.30 bits per heavy atom. The van der Waals surface area contributed by atoms with E-state index in [2.05, 4.69) is 15.1 Å². The molecule has 0 spiro atoms. The minimum absolute atomic E-state index is 0.236. The van der Waals surface area contributed by atoms with Crippen LogP contribution >= 0.6 is 0 Å². The van der Waals surface area contributed by atoms with Gasteiger partial charge in [0.1, 0.15) is 5.82 Å². The quantitative estimate of drug-likeness (QED) is 0.914. The molecule has 1 aromatic heterocycles. The first kappa shape index (κ1) is 12.8. The summed E-state index contributed by atoms with van der Waals surface area (Å²) in [6.45, 7) is 3.56. The Hall–Kier alpha value is -2.17. The van der Waals surface area contributed by atoms with Crippen molar-refractivity contribution >= 4 is 5.69 Å². The summed E-state index contributed by atoms with van der Waals surface area (Å²) in [6, 6.07) is 4.75. The van der Waals surface area contributed by atoms with Crippen LogP contribution in [-0.2, 0) is 0 Å². The van der Waals surface area contributed by atoms with Crippen LogP contribution in [0.1, 0.15) is 18.4 Å². The van der Waals surface area contributed by atoms with Crippen molar-refractivity contribution in [1.29, 1.82) is 0 Å². The Bertz CT molecular complexity index is 690. The van der Waals surface area contributed by atoms with E-state index in [1.54, 1.807) is 25.3 Å². The van der Waals surface area contributed by atoms with Gasteiger partial charge in [0.2, 0.25) is 0 Å². The number of hydrogen-bond donors (Lipinski definition) is 1. The van der Waals surface area contributed by atoms with Crippen molar-refractivity contribution in [2.75, 3.05) is 18.0 Å². The topological polar surface area (TPSA) is 49.0 Å². The fraction of sp³-hybridized carbons (Fsp3) is 0.333. The van der Waals surface area contributed by atoms with Crippen LogP contribution in [0.25, 0.3) is 11.1 Å². The molecular weight excluding hydrogens is 257 g/mol. The summed E-state index contributed by atoms with van der Waals surface area (Å²) in [4.78, 5) is 14.3. The van der Waals surface area contributed by atoms with Crippen LogP contribution in [0.3, 0.4) is 0 Å². The van der Waals surface area contributed by atoms with E-state index in [1.807, 2.05) is 0 Å². The van der Waals surface area contributed by atoms with E-state index in [0.717, 1.165) is 37.2 Å². The van der Waals surface area contributed by atoms with Gasteiger partial charge in [0.25, 0.3) is 5.56 Å². The first-order valence-corrected chi connectivity index (χ1v) is 6.76. The molecule has 1 saturated heterocycles. The highest BCUT2D eigenvalue weighted by Crippen LogP contribution is 2.29. The molecule has 1 aliphatic heterocycles. The summed E-state index contributed by atoms with van der Waals surface area (Å²) in [5.41, 5.74) is 2.43. The van der Waals surface area contributed by atoms with Gasteiger partial charge in [0.05, 0.1) is 17.4 Å². The zero-order valence-electron chi connectivity index (χ0n) is 11.3. The average Bonchev–Trinajstić information content (AvgIpc) is 2.96. The Morgan fingerprint density at radius 3 is 2.75 bits per heavy atom. The lowest BCUT2D eigenvalue weighted by Crippen LogP contribution is -2.23. The molecule has 0 unspecified atom stereocenters. The third kappa shape index (κ3) is 2.19. The second kappa shape index (κ2) is 5.07.